The first-order valence-electron chi connectivity index (χ1n) is 3.46. The molecule has 0 fully saturated rings. The van der Waals surface area contributed by atoms with E-state index in [0.717, 1.165) is 0 Å². The predicted molar refractivity (Wildman–Crippen MR) is 56.8 cm³/mol. The molecule has 6 heteroatoms. The smallest absolute Gasteiger partial charge is 0.344 e. The molecule has 0 radical (unpaired) electrons. The van der Waals surface area contributed by atoms with Crippen molar-refractivity contribution in [1.82, 2.24) is 0 Å². The maximum Gasteiger partial charge on any atom is 0.365 e. The Labute approximate surface area is 101 Å². The molecular formula is C8H4Cl4O2. The van der Waals surface area contributed by atoms with E-state index in [9.17, 15) is 4.79 Å². The fourth-order valence-corrected chi connectivity index (χ4v) is 1.85. The Bertz CT molecular complexity index is 351. The SMILES string of the molecule is O=C(OCl)C(Cl)(Cl)c1ccccc1Cl. The van der Waals surface area contributed by atoms with Crippen LogP contribution in [-0.2, 0) is 13.4 Å². The molecule has 0 atom stereocenters. The molecule has 14 heavy (non-hydrogen) atoms. The standard InChI is InChI=1S/C8H4Cl4O2/c9-6-4-2-1-3-5(6)8(10,11)7(13)14-12/h1-4H. The van der Waals surface area contributed by atoms with Crippen molar-refractivity contribution >= 4 is 52.6 Å². The van der Waals surface area contributed by atoms with Gasteiger partial charge in [-0.1, -0.05) is 53.0 Å². The monoisotopic (exact) mass is 272 g/mol. The van der Waals surface area contributed by atoms with Crippen molar-refractivity contribution in [3.63, 3.8) is 0 Å². The lowest BCUT2D eigenvalue weighted by molar-refractivity contribution is -0.134. The first-order valence-corrected chi connectivity index (χ1v) is 4.90. The second-order valence-electron chi connectivity index (χ2n) is 2.42. The van der Waals surface area contributed by atoms with Crippen LogP contribution in [0.4, 0.5) is 0 Å². The summed E-state index contributed by atoms with van der Waals surface area (Å²) in [6, 6.07) is 6.39. The van der Waals surface area contributed by atoms with Crippen LogP contribution in [0.2, 0.25) is 5.02 Å². The van der Waals surface area contributed by atoms with Crippen LogP contribution in [-0.4, -0.2) is 5.97 Å². The minimum atomic E-state index is -1.89. The molecule has 0 saturated carbocycles. The quantitative estimate of drug-likeness (QED) is 0.769. The number of carbonyl (C=O) groups is 1. The summed E-state index contributed by atoms with van der Waals surface area (Å²) in [5.41, 5.74) is 0.232. The molecule has 0 bridgehead atoms. The summed E-state index contributed by atoms with van der Waals surface area (Å²) < 4.78 is 2.05. The lowest BCUT2D eigenvalue weighted by atomic mass is 10.1. The Morgan fingerprint density at radius 2 is 1.86 bits per heavy atom. The van der Waals surface area contributed by atoms with E-state index >= 15 is 0 Å². The minimum absolute atomic E-state index is 0.232. The lowest BCUT2D eigenvalue weighted by Gasteiger charge is -2.16. The molecule has 0 amide bonds. The van der Waals surface area contributed by atoms with Gasteiger partial charge in [-0.3, -0.25) is 0 Å². The van der Waals surface area contributed by atoms with E-state index in [1.165, 1.54) is 6.07 Å². The van der Waals surface area contributed by atoms with E-state index in [2.05, 4.69) is 4.29 Å². The summed E-state index contributed by atoms with van der Waals surface area (Å²) in [7, 11) is 0. The van der Waals surface area contributed by atoms with Crippen LogP contribution >= 0.6 is 46.7 Å². The fourth-order valence-electron chi connectivity index (χ4n) is 0.874. The van der Waals surface area contributed by atoms with Gasteiger partial charge in [-0.05, 0) is 6.07 Å². The Kier molecular flexibility index (Phi) is 3.90. The number of benzene rings is 1. The molecule has 0 aliphatic heterocycles. The molecule has 0 unspecified atom stereocenters. The summed E-state index contributed by atoms with van der Waals surface area (Å²) in [5, 5.41) is 0.263. The molecule has 1 aromatic rings. The summed E-state index contributed by atoms with van der Waals surface area (Å²) in [6.45, 7) is 0. The van der Waals surface area contributed by atoms with Crippen LogP contribution in [0.25, 0.3) is 0 Å². The number of hydrogen-bond donors (Lipinski definition) is 0. The van der Waals surface area contributed by atoms with Crippen molar-refractivity contribution < 1.29 is 9.08 Å². The summed E-state index contributed by atoms with van der Waals surface area (Å²) in [6.07, 6.45) is 0. The third-order valence-electron chi connectivity index (χ3n) is 1.54. The van der Waals surface area contributed by atoms with Gasteiger partial charge in [0.25, 0.3) is 0 Å². The molecule has 1 rings (SSSR count). The molecule has 0 heterocycles. The van der Waals surface area contributed by atoms with E-state index in [0.29, 0.717) is 0 Å². The molecule has 0 aliphatic carbocycles. The molecule has 76 valence electrons. The highest BCUT2D eigenvalue weighted by atomic mass is 35.5. The van der Waals surface area contributed by atoms with Crippen LogP contribution in [0.3, 0.4) is 0 Å². The Balaban J connectivity index is 3.16. The van der Waals surface area contributed by atoms with Crippen molar-refractivity contribution in [1.29, 1.82) is 0 Å². The molecular weight excluding hydrogens is 270 g/mol. The second kappa shape index (κ2) is 4.58. The fraction of sp³-hybridized carbons (Fsp3) is 0.125. The second-order valence-corrected chi connectivity index (χ2v) is 4.31. The highest BCUT2D eigenvalue weighted by Crippen LogP contribution is 2.39. The number of carbonyl (C=O) groups excluding carboxylic acids is 1. The van der Waals surface area contributed by atoms with Crippen LogP contribution in [0, 0.1) is 0 Å². The molecule has 0 aliphatic rings. The van der Waals surface area contributed by atoms with Gasteiger partial charge in [-0.25, -0.2) is 4.79 Å². The van der Waals surface area contributed by atoms with Gasteiger partial charge in [0.1, 0.15) is 11.9 Å². The predicted octanol–water partition coefficient (Wildman–Crippen LogP) is 3.67. The van der Waals surface area contributed by atoms with Crippen molar-refractivity contribution in [2.75, 3.05) is 0 Å². The van der Waals surface area contributed by atoms with Gasteiger partial charge in [0, 0.05) is 10.6 Å². The Morgan fingerprint density at radius 1 is 1.29 bits per heavy atom. The van der Waals surface area contributed by atoms with Gasteiger partial charge < -0.3 is 4.29 Å². The van der Waals surface area contributed by atoms with Crippen molar-refractivity contribution in [3.05, 3.63) is 34.9 Å². The molecule has 0 saturated heterocycles. The molecule has 0 spiro atoms. The van der Waals surface area contributed by atoms with Crippen molar-refractivity contribution in [2.45, 2.75) is 4.33 Å². The van der Waals surface area contributed by atoms with E-state index in [1.807, 2.05) is 0 Å². The summed E-state index contributed by atoms with van der Waals surface area (Å²) in [4.78, 5) is 11.1. The number of alkyl halides is 2. The zero-order valence-electron chi connectivity index (χ0n) is 6.64. The van der Waals surface area contributed by atoms with E-state index in [4.69, 9.17) is 46.7 Å². The third-order valence-corrected chi connectivity index (χ3v) is 2.72. The third kappa shape index (κ3) is 2.26. The van der Waals surface area contributed by atoms with E-state index < -0.39 is 10.3 Å². The highest BCUT2D eigenvalue weighted by molar-refractivity contribution is 6.58. The first-order chi connectivity index (χ1) is 6.50. The van der Waals surface area contributed by atoms with Gasteiger partial charge in [-0.2, -0.15) is 0 Å². The highest BCUT2D eigenvalue weighted by Gasteiger charge is 2.39. The Hall–Kier alpha value is -0.150. The zero-order chi connectivity index (χ0) is 10.8. The first kappa shape index (κ1) is 11.9. The summed E-state index contributed by atoms with van der Waals surface area (Å²) >= 11 is 22.1. The molecule has 1 aromatic carbocycles. The van der Waals surface area contributed by atoms with Gasteiger partial charge >= 0.3 is 5.97 Å². The lowest BCUT2D eigenvalue weighted by Crippen LogP contribution is -2.23. The van der Waals surface area contributed by atoms with Gasteiger partial charge in [0.15, 0.2) is 0 Å². The van der Waals surface area contributed by atoms with Gasteiger partial charge in [0.2, 0.25) is 4.33 Å². The molecule has 0 aromatic heterocycles. The Morgan fingerprint density at radius 3 is 2.36 bits per heavy atom. The molecule has 0 N–H and O–H groups in total. The van der Waals surface area contributed by atoms with Crippen LogP contribution in [0.1, 0.15) is 5.56 Å². The van der Waals surface area contributed by atoms with Gasteiger partial charge in [0.05, 0.1) is 0 Å². The van der Waals surface area contributed by atoms with Crippen LogP contribution < -0.4 is 0 Å². The number of halogens is 4. The van der Waals surface area contributed by atoms with E-state index in [1.54, 1.807) is 18.2 Å². The normalized spacial score (nSPS) is 11.1. The van der Waals surface area contributed by atoms with Gasteiger partial charge in [-0.15, -0.1) is 0 Å². The molecule has 2 nitrogen and oxygen atoms in total. The average Bonchev–Trinajstić information content (AvgIpc) is 2.17. The van der Waals surface area contributed by atoms with E-state index in [-0.39, 0.29) is 10.6 Å². The summed E-state index contributed by atoms with van der Waals surface area (Å²) in [5.74, 6) is -0.990. The largest absolute Gasteiger partial charge is 0.365 e. The van der Waals surface area contributed by atoms with Crippen LogP contribution in [0.5, 0.6) is 0 Å². The van der Waals surface area contributed by atoms with Crippen LogP contribution in [0.15, 0.2) is 24.3 Å². The number of rotatable bonds is 2. The number of hydrogen-bond acceptors (Lipinski definition) is 2. The maximum absolute atomic E-state index is 11.1. The maximum atomic E-state index is 11.1. The average molecular weight is 274 g/mol. The van der Waals surface area contributed by atoms with Crippen molar-refractivity contribution in [2.24, 2.45) is 0 Å². The van der Waals surface area contributed by atoms with Crippen molar-refractivity contribution in [3.8, 4) is 0 Å². The topological polar surface area (TPSA) is 26.3 Å². The minimum Gasteiger partial charge on any atom is -0.344 e. The zero-order valence-corrected chi connectivity index (χ0v) is 9.66.